The van der Waals surface area contributed by atoms with Gasteiger partial charge in [0.2, 0.25) is 10.0 Å². The number of fused-ring (bicyclic) bond motifs is 1. The number of rotatable bonds is 10. The highest BCUT2D eigenvalue weighted by atomic mass is 32.2. The second-order valence-corrected chi connectivity index (χ2v) is 14.2. The van der Waals surface area contributed by atoms with Gasteiger partial charge in [-0.2, -0.15) is 22.6 Å². The second-order valence-electron chi connectivity index (χ2n) is 11.1. The van der Waals surface area contributed by atoms with Crippen molar-refractivity contribution >= 4 is 21.8 Å². The molecule has 0 N–H and O–H groups in total. The molecule has 4 heterocycles. The molecular formula is C28H40F3N5O3S2. The molecule has 0 bridgehead atoms. The van der Waals surface area contributed by atoms with Gasteiger partial charge in [-0.25, -0.2) is 8.42 Å². The largest absolute Gasteiger partial charge is 0.417 e. The van der Waals surface area contributed by atoms with E-state index in [0.717, 1.165) is 56.5 Å². The first kappa shape index (κ1) is 30.8. The van der Waals surface area contributed by atoms with Crippen molar-refractivity contribution in [3.05, 3.63) is 35.0 Å². The summed E-state index contributed by atoms with van der Waals surface area (Å²) < 4.78 is 75.5. The summed E-state index contributed by atoms with van der Waals surface area (Å²) in [7, 11) is -3.42. The second kappa shape index (κ2) is 13.3. The topological polar surface area (TPSA) is 70.9 Å². The van der Waals surface area contributed by atoms with E-state index in [-0.39, 0.29) is 11.4 Å². The lowest BCUT2D eigenvalue weighted by molar-refractivity contribution is -0.139. The molecule has 3 aliphatic rings. The minimum absolute atomic E-state index is 0.174. The van der Waals surface area contributed by atoms with Gasteiger partial charge in [0, 0.05) is 73.2 Å². The molecule has 0 saturated carbocycles. The Bertz CT molecular complexity index is 1290. The predicted octanol–water partition coefficient (Wildman–Crippen LogP) is 4.19. The van der Waals surface area contributed by atoms with E-state index in [0.29, 0.717) is 56.3 Å². The van der Waals surface area contributed by atoms with Crippen LogP contribution in [-0.4, -0.2) is 103 Å². The van der Waals surface area contributed by atoms with Gasteiger partial charge in [-0.3, -0.25) is 9.58 Å². The highest BCUT2D eigenvalue weighted by Crippen LogP contribution is 2.40. The molecule has 0 unspecified atom stereocenters. The Morgan fingerprint density at radius 1 is 0.976 bits per heavy atom. The standard InChI is InChI=1S/C28H40F3N5O3S2/c1-41(37,38)35-13-8-25-23(21-35)27(32-36(25)12-5-11-33-9-3-2-4-10-33)22-6-7-24(28(29,30)31)26(20-22)40-19-16-34-14-17-39-18-15-34/h6-7,20H,2-5,8-19,21H2,1H3. The van der Waals surface area contributed by atoms with Gasteiger partial charge in [0.25, 0.3) is 0 Å². The normalized spacial score (nSPS) is 19.9. The molecule has 41 heavy (non-hydrogen) atoms. The summed E-state index contributed by atoms with van der Waals surface area (Å²) in [5.41, 5.74) is 2.30. The average Bonchev–Trinajstić information content (AvgIpc) is 3.31. The molecule has 2 aromatic rings. The number of hydrogen-bond donors (Lipinski definition) is 0. The van der Waals surface area contributed by atoms with Gasteiger partial charge < -0.3 is 9.64 Å². The lowest BCUT2D eigenvalue weighted by atomic mass is 10.0. The zero-order chi connectivity index (χ0) is 29.0. The Kier molecular flexibility index (Phi) is 10.0. The summed E-state index contributed by atoms with van der Waals surface area (Å²) in [5.74, 6) is 0.525. The van der Waals surface area contributed by atoms with E-state index in [1.165, 1.54) is 47.7 Å². The minimum atomic E-state index is -4.47. The molecule has 0 amide bonds. The van der Waals surface area contributed by atoms with Crippen LogP contribution >= 0.6 is 11.8 Å². The van der Waals surface area contributed by atoms with Gasteiger partial charge >= 0.3 is 6.18 Å². The molecule has 2 fully saturated rings. The summed E-state index contributed by atoms with van der Waals surface area (Å²) in [6.45, 7) is 7.98. The Morgan fingerprint density at radius 2 is 1.71 bits per heavy atom. The van der Waals surface area contributed by atoms with Crippen LogP contribution in [0.3, 0.4) is 0 Å². The molecule has 1 aromatic heterocycles. The van der Waals surface area contributed by atoms with Crippen LogP contribution in [-0.2, 0) is 40.4 Å². The molecule has 5 rings (SSSR count). The van der Waals surface area contributed by atoms with E-state index >= 15 is 0 Å². The monoisotopic (exact) mass is 615 g/mol. The molecule has 0 aliphatic carbocycles. The molecule has 8 nitrogen and oxygen atoms in total. The maximum atomic E-state index is 14.0. The molecule has 228 valence electrons. The summed E-state index contributed by atoms with van der Waals surface area (Å²) in [6.07, 6.45) is 1.90. The first-order valence-electron chi connectivity index (χ1n) is 14.5. The maximum absolute atomic E-state index is 14.0. The van der Waals surface area contributed by atoms with Crippen LogP contribution in [0.25, 0.3) is 11.3 Å². The third kappa shape index (κ3) is 7.85. The molecule has 0 radical (unpaired) electrons. The number of likely N-dealkylation sites (tertiary alicyclic amines) is 1. The van der Waals surface area contributed by atoms with Crippen LogP contribution in [0.4, 0.5) is 13.2 Å². The number of benzene rings is 1. The quantitative estimate of drug-likeness (QED) is 0.372. The number of sulfonamides is 1. The Hall–Kier alpha value is -1.64. The van der Waals surface area contributed by atoms with Crippen molar-refractivity contribution in [2.24, 2.45) is 0 Å². The number of morpholine rings is 1. The average molecular weight is 616 g/mol. The van der Waals surface area contributed by atoms with Crippen LogP contribution < -0.4 is 0 Å². The van der Waals surface area contributed by atoms with Gasteiger partial charge in [0.05, 0.1) is 30.7 Å². The van der Waals surface area contributed by atoms with Crippen molar-refractivity contribution in [3.63, 3.8) is 0 Å². The number of aromatic nitrogens is 2. The lowest BCUT2D eigenvalue weighted by Gasteiger charge is -2.27. The van der Waals surface area contributed by atoms with Crippen LogP contribution in [0.2, 0.25) is 0 Å². The summed E-state index contributed by atoms with van der Waals surface area (Å²) in [6, 6.07) is 4.22. The van der Waals surface area contributed by atoms with Crippen molar-refractivity contribution < 1.29 is 26.3 Å². The number of halogens is 3. The SMILES string of the molecule is CS(=O)(=O)N1CCc2c(c(-c3ccc(C(F)(F)F)c(SCCN4CCOCC4)c3)nn2CCCN2CCCCC2)C1. The van der Waals surface area contributed by atoms with Crippen LogP contribution in [0.5, 0.6) is 0 Å². The van der Waals surface area contributed by atoms with Crippen molar-refractivity contribution in [3.8, 4) is 11.3 Å². The first-order chi connectivity index (χ1) is 19.6. The summed E-state index contributed by atoms with van der Waals surface area (Å²) in [5, 5.41) is 4.91. The highest BCUT2D eigenvalue weighted by molar-refractivity contribution is 7.99. The van der Waals surface area contributed by atoms with Gasteiger partial charge in [0.15, 0.2) is 0 Å². The lowest BCUT2D eigenvalue weighted by Crippen LogP contribution is -2.37. The molecule has 0 atom stereocenters. The fraction of sp³-hybridized carbons (Fsp3) is 0.679. The molecular weight excluding hydrogens is 575 g/mol. The van der Waals surface area contributed by atoms with Crippen molar-refractivity contribution in [2.45, 2.75) is 56.3 Å². The number of piperidine rings is 1. The van der Waals surface area contributed by atoms with Gasteiger partial charge in [-0.1, -0.05) is 12.5 Å². The fourth-order valence-corrected chi connectivity index (χ4v) is 7.83. The first-order valence-corrected chi connectivity index (χ1v) is 17.3. The van der Waals surface area contributed by atoms with Crippen LogP contribution in [0, 0.1) is 0 Å². The molecule has 3 aliphatic heterocycles. The highest BCUT2D eigenvalue weighted by Gasteiger charge is 2.35. The summed E-state index contributed by atoms with van der Waals surface area (Å²) in [4.78, 5) is 4.85. The third-order valence-corrected chi connectivity index (χ3v) is 10.5. The van der Waals surface area contributed by atoms with E-state index in [9.17, 15) is 21.6 Å². The van der Waals surface area contributed by atoms with E-state index in [4.69, 9.17) is 9.84 Å². The predicted molar refractivity (Wildman–Crippen MR) is 155 cm³/mol. The van der Waals surface area contributed by atoms with E-state index < -0.39 is 21.8 Å². The molecule has 1 aromatic carbocycles. The van der Waals surface area contributed by atoms with Crippen LogP contribution in [0.1, 0.15) is 42.5 Å². The van der Waals surface area contributed by atoms with Gasteiger partial charge in [-0.05, 0) is 51.0 Å². The summed E-state index contributed by atoms with van der Waals surface area (Å²) >= 11 is 1.21. The number of nitrogens with zero attached hydrogens (tertiary/aromatic N) is 5. The van der Waals surface area contributed by atoms with Gasteiger partial charge in [0.1, 0.15) is 0 Å². The fourth-order valence-electron chi connectivity index (χ4n) is 5.93. The van der Waals surface area contributed by atoms with E-state index in [2.05, 4.69) is 9.80 Å². The Balaban J connectivity index is 1.41. The van der Waals surface area contributed by atoms with Crippen molar-refractivity contribution in [1.82, 2.24) is 23.9 Å². The zero-order valence-electron chi connectivity index (χ0n) is 23.7. The number of thioether (sulfide) groups is 1. The third-order valence-electron chi connectivity index (χ3n) is 8.19. The molecule has 13 heteroatoms. The van der Waals surface area contributed by atoms with Crippen LogP contribution in [0.15, 0.2) is 23.1 Å². The van der Waals surface area contributed by atoms with Crippen molar-refractivity contribution in [2.75, 3.05) is 71.0 Å². The maximum Gasteiger partial charge on any atom is 0.417 e. The Labute approximate surface area is 245 Å². The van der Waals surface area contributed by atoms with Gasteiger partial charge in [-0.15, -0.1) is 11.8 Å². The number of hydrogen-bond acceptors (Lipinski definition) is 7. The van der Waals surface area contributed by atoms with E-state index in [1.807, 2.05) is 4.68 Å². The van der Waals surface area contributed by atoms with E-state index in [1.54, 1.807) is 6.07 Å². The molecule has 0 spiro atoms. The number of aryl methyl sites for hydroxylation is 1. The molecule has 2 saturated heterocycles. The number of alkyl halides is 3. The number of ether oxygens (including phenoxy) is 1. The minimum Gasteiger partial charge on any atom is -0.379 e. The zero-order valence-corrected chi connectivity index (χ0v) is 25.3. The van der Waals surface area contributed by atoms with Crippen molar-refractivity contribution in [1.29, 1.82) is 0 Å². The smallest absolute Gasteiger partial charge is 0.379 e. The Morgan fingerprint density at radius 3 is 2.41 bits per heavy atom.